The van der Waals surface area contributed by atoms with Crippen molar-refractivity contribution >= 4 is 33.2 Å². The molecule has 0 radical (unpaired) electrons. The van der Waals surface area contributed by atoms with Crippen LogP contribution in [0.3, 0.4) is 0 Å². The number of carbonyl (C=O) groups excluding carboxylic acids is 1. The van der Waals surface area contributed by atoms with Crippen LogP contribution in [0.1, 0.15) is 24.1 Å². The molecule has 10 heteroatoms. The van der Waals surface area contributed by atoms with E-state index in [4.69, 9.17) is 25.8 Å². The zero-order chi connectivity index (χ0) is 26.5. The highest BCUT2D eigenvalue weighted by Crippen LogP contribution is 2.35. The van der Waals surface area contributed by atoms with Crippen molar-refractivity contribution in [2.24, 2.45) is 0 Å². The van der Waals surface area contributed by atoms with Crippen LogP contribution in [0, 0.1) is 6.92 Å². The maximum Gasteiger partial charge on any atom is 0.264 e. The zero-order valence-corrected chi connectivity index (χ0v) is 22.3. The van der Waals surface area contributed by atoms with Gasteiger partial charge in [-0.05, 0) is 62.4 Å². The predicted octanol–water partition coefficient (Wildman–Crippen LogP) is 4.75. The summed E-state index contributed by atoms with van der Waals surface area (Å²) in [5.41, 5.74) is 1.73. The van der Waals surface area contributed by atoms with Crippen molar-refractivity contribution in [1.82, 2.24) is 5.32 Å². The SMILES string of the molecule is COc1ccc(OC)c(C(C)NC(=O)CN(c2cc(Cl)ccc2OC)S(=O)(=O)c2ccc(C)cc2)c1. The van der Waals surface area contributed by atoms with Crippen LogP contribution in [-0.4, -0.2) is 42.2 Å². The van der Waals surface area contributed by atoms with Crippen molar-refractivity contribution in [3.8, 4) is 17.2 Å². The van der Waals surface area contributed by atoms with Gasteiger partial charge in [-0.2, -0.15) is 0 Å². The lowest BCUT2D eigenvalue weighted by Gasteiger charge is -2.27. The van der Waals surface area contributed by atoms with E-state index >= 15 is 0 Å². The van der Waals surface area contributed by atoms with E-state index in [9.17, 15) is 13.2 Å². The summed E-state index contributed by atoms with van der Waals surface area (Å²) in [6, 6.07) is 15.7. The number of ether oxygens (including phenoxy) is 3. The molecule has 0 bridgehead atoms. The van der Waals surface area contributed by atoms with Gasteiger partial charge in [0.05, 0.1) is 38.0 Å². The van der Waals surface area contributed by atoms with Gasteiger partial charge >= 0.3 is 0 Å². The molecule has 8 nitrogen and oxygen atoms in total. The Labute approximate surface area is 216 Å². The molecule has 0 aliphatic rings. The van der Waals surface area contributed by atoms with Crippen molar-refractivity contribution in [2.45, 2.75) is 24.8 Å². The molecule has 1 atom stereocenters. The summed E-state index contributed by atoms with van der Waals surface area (Å²) >= 11 is 6.19. The van der Waals surface area contributed by atoms with Crippen LogP contribution in [0.25, 0.3) is 0 Å². The summed E-state index contributed by atoms with van der Waals surface area (Å²) in [5, 5.41) is 3.15. The molecule has 0 heterocycles. The molecule has 0 aliphatic heterocycles. The number of anilines is 1. The highest BCUT2D eigenvalue weighted by Gasteiger charge is 2.30. The van der Waals surface area contributed by atoms with E-state index in [2.05, 4.69) is 5.32 Å². The number of sulfonamides is 1. The molecule has 0 aromatic heterocycles. The highest BCUT2D eigenvalue weighted by molar-refractivity contribution is 7.92. The Kier molecular flexibility index (Phi) is 8.70. The molecule has 1 N–H and O–H groups in total. The minimum Gasteiger partial charge on any atom is -0.497 e. The summed E-state index contributed by atoms with van der Waals surface area (Å²) < 4.78 is 44.5. The van der Waals surface area contributed by atoms with E-state index in [0.29, 0.717) is 22.1 Å². The first-order valence-corrected chi connectivity index (χ1v) is 12.9. The van der Waals surface area contributed by atoms with Gasteiger partial charge in [-0.3, -0.25) is 9.10 Å². The van der Waals surface area contributed by atoms with Crippen molar-refractivity contribution in [2.75, 3.05) is 32.2 Å². The summed E-state index contributed by atoms with van der Waals surface area (Å²) in [6.45, 7) is 3.12. The molecule has 0 aliphatic carbocycles. The monoisotopic (exact) mass is 532 g/mol. The maximum absolute atomic E-state index is 13.7. The Morgan fingerprint density at radius 2 is 1.58 bits per heavy atom. The van der Waals surface area contributed by atoms with Crippen molar-refractivity contribution in [3.05, 3.63) is 76.8 Å². The number of nitrogens with one attached hydrogen (secondary N) is 1. The number of benzene rings is 3. The molecule has 3 aromatic rings. The average Bonchev–Trinajstić information content (AvgIpc) is 2.86. The van der Waals surface area contributed by atoms with Gasteiger partial charge in [0, 0.05) is 10.6 Å². The van der Waals surface area contributed by atoms with Crippen molar-refractivity contribution in [1.29, 1.82) is 0 Å². The number of rotatable bonds is 10. The fourth-order valence-electron chi connectivity index (χ4n) is 3.67. The van der Waals surface area contributed by atoms with E-state index in [-0.39, 0.29) is 16.3 Å². The van der Waals surface area contributed by atoms with Crippen LogP contribution in [-0.2, 0) is 14.8 Å². The summed E-state index contributed by atoms with van der Waals surface area (Å²) in [4.78, 5) is 13.3. The van der Waals surface area contributed by atoms with Crippen LogP contribution < -0.4 is 23.8 Å². The Hall–Kier alpha value is -3.43. The Morgan fingerprint density at radius 1 is 0.944 bits per heavy atom. The van der Waals surface area contributed by atoms with Crippen LogP contribution in [0.4, 0.5) is 5.69 Å². The number of hydrogen-bond donors (Lipinski definition) is 1. The van der Waals surface area contributed by atoms with Gasteiger partial charge in [-0.25, -0.2) is 8.42 Å². The number of aryl methyl sites for hydroxylation is 1. The standard InChI is InChI=1S/C26H29ClN2O6S/c1-17-6-10-21(11-7-17)36(31,32)29(23-14-19(27)8-12-25(23)35-5)16-26(30)28-18(2)22-15-20(33-3)9-13-24(22)34-4/h6-15,18H,16H2,1-5H3,(H,28,30). The van der Waals surface area contributed by atoms with Gasteiger partial charge < -0.3 is 19.5 Å². The van der Waals surface area contributed by atoms with Crippen LogP contribution in [0.2, 0.25) is 5.02 Å². The molecule has 0 spiro atoms. The molecule has 0 fully saturated rings. The molecule has 0 saturated carbocycles. The minimum absolute atomic E-state index is 0.0328. The predicted molar refractivity (Wildman–Crippen MR) is 140 cm³/mol. The molecular weight excluding hydrogens is 504 g/mol. The number of methoxy groups -OCH3 is 3. The summed E-state index contributed by atoms with van der Waals surface area (Å²) in [6.07, 6.45) is 0. The fraction of sp³-hybridized carbons (Fsp3) is 0.269. The maximum atomic E-state index is 13.7. The number of halogens is 1. The fourth-order valence-corrected chi connectivity index (χ4v) is 5.26. The molecule has 3 rings (SSSR count). The first-order valence-electron chi connectivity index (χ1n) is 11.0. The molecule has 3 aromatic carbocycles. The number of hydrogen-bond acceptors (Lipinski definition) is 6. The molecule has 36 heavy (non-hydrogen) atoms. The van der Waals surface area contributed by atoms with E-state index < -0.39 is 28.5 Å². The largest absolute Gasteiger partial charge is 0.497 e. The van der Waals surface area contributed by atoms with Gasteiger partial charge in [-0.1, -0.05) is 29.3 Å². The van der Waals surface area contributed by atoms with Crippen LogP contribution in [0.5, 0.6) is 17.2 Å². The van der Waals surface area contributed by atoms with Gasteiger partial charge in [0.1, 0.15) is 23.8 Å². The second-order valence-corrected chi connectivity index (χ2v) is 10.3. The summed E-state index contributed by atoms with van der Waals surface area (Å²) in [5.74, 6) is 0.874. The lowest BCUT2D eigenvalue weighted by molar-refractivity contribution is -0.120. The molecule has 1 unspecified atom stereocenters. The Balaban J connectivity index is 1.99. The third kappa shape index (κ3) is 6.03. The topological polar surface area (TPSA) is 94.2 Å². The average molecular weight is 533 g/mol. The number of carbonyl (C=O) groups is 1. The first kappa shape index (κ1) is 27.2. The molecule has 1 amide bonds. The van der Waals surface area contributed by atoms with E-state index in [1.807, 2.05) is 6.92 Å². The Bertz CT molecular complexity index is 1330. The highest BCUT2D eigenvalue weighted by atomic mass is 35.5. The Morgan fingerprint density at radius 3 is 2.19 bits per heavy atom. The minimum atomic E-state index is -4.15. The van der Waals surface area contributed by atoms with Crippen molar-refractivity contribution in [3.63, 3.8) is 0 Å². The number of amides is 1. The van der Waals surface area contributed by atoms with E-state index in [0.717, 1.165) is 9.87 Å². The zero-order valence-electron chi connectivity index (χ0n) is 20.7. The van der Waals surface area contributed by atoms with Crippen LogP contribution in [0.15, 0.2) is 65.6 Å². The quantitative estimate of drug-likeness (QED) is 0.405. The molecular formula is C26H29ClN2O6S. The van der Waals surface area contributed by atoms with Crippen molar-refractivity contribution < 1.29 is 27.4 Å². The van der Waals surface area contributed by atoms with E-state index in [1.54, 1.807) is 56.5 Å². The van der Waals surface area contributed by atoms with Crippen LogP contribution >= 0.6 is 11.6 Å². The van der Waals surface area contributed by atoms with Gasteiger partial charge in [0.15, 0.2) is 0 Å². The van der Waals surface area contributed by atoms with Gasteiger partial charge in [0.2, 0.25) is 5.91 Å². The third-order valence-corrected chi connectivity index (χ3v) is 7.60. The third-order valence-electron chi connectivity index (χ3n) is 5.59. The molecule has 0 saturated heterocycles. The smallest absolute Gasteiger partial charge is 0.264 e. The van der Waals surface area contributed by atoms with Gasteiger partial charge in [0.25, 0.3) is 10.0 Å². The van der Waals surface area contributed by atoms with E-state index in [1.165, 1.54) is 32.4 Å². The normalized spacial score (nSPS) is 11.9. The molecule has 192 valence electrons. The lowest BCUT2D eigenvalue weighted by Crippen LogP contribution is -2.41. The second kappa shape index (κ2) is 11.5. The first-order chi connectivity index (χ1) is 17.1. The lowest BCUT2D eigenvalue weighted by atomic mass is 10.1. The van der Waals surface area contributed by atoms with Gasteiger partial charge in [-0.15, -0.1) is 0 Å². The summed E-state index contributed by atoms with van der Waals surface area (Å²) in [7, 11) is 0.339. The number of nitrogens with zero attached hydrogens (tertiary/aromatic N) is 1. The second-order valence-electron chi connectivity index (χ2n) is 8.04.